The first kappa shape index (κ1) is 18.1. The molecule has 6 nitrogen and oxygen atoms in total. The van der Waals surface area contributed by atoms with Crippen molar-refractivity contribution < 1.29 is 19.2 Å². The summed E-state index contributed by atoms with van der Waals surface area (Å²) in [5, 5.41) is 5.17. The largest absolute Gasteiger partial charge is 0.326 e. The molecule has 0 fully saturated rings. The van der Waals surface area contributed by atoms with Crippen LogP contribution in [-0.4, -0.2) is 23.4 Å². The molecule has 0 saturated heterocycles. The van der Waals surface area contributed by atoms with Gasteiger partial charge in [-0.15, -0.1) is 0 Å². The predicted molar refractivity (Wildman–Crippen MR) is 94.8 cm³/mol. The van der Waals surface area contributed by atoms with Gasteiger partial charge in [0.05, 0.1) is 0 Å². The molecule has 0 atom stereocenters. The summed E-state index contributed by atoms with van der Waals surface area (Å²) in [5.41, 5.74) is 1.98. The predicted octanol–water partition coefficient (Wildman–Crippen LogP) is 3.06. The Morgan fingerprint density at radius 1 is 0.720 bits per heavy atom. The van der Waals surface area contributed by atoms with Crippen molar-refractivity contribution in [3.05, 3.63) is 59.7 Å². The van der Waals surface area contributed by atoms with Crippen molar-refractivity contribution in [3.63, 3.8) is 0 Å². The zero-order valence-electron chi connectivity index (χ0n) is 14.0. The third kappa shape index (κ3) is 5.39. The van der Waals surface area contributed by atoms with E-state index in [0.717, 1.165) is 0 Å². The third-order valence-electron chi connectivity index (χ3n) is 3.45. The van der Waals surface area contributed by atoms with E-state index in [9.17, 15) is 19.2 Å². The Hall–Kier alpha value is -3.28. The highest BCUT2D eigenvalue weighted by Crippen LogP contribution is 2.13. The molecule has 2 N–H and O–H groups in total. The minimum absolute atomic E-state index is 0.0648. The Bertz CT molecular complexity index is 826. The minimum Gasteiger partial charge on any atom is -0.326 e. The fourth-order valence-electron chi connectivity index (χ4n) is 2.16. The molecule has 0 aliphatic carbocycles. The van der Waals surface area contributed by atoms with E-state index in [-0.39, 0.29) is 18.0 Å². The summed E-state index contributed by atoms with van der Waals surface area (Å²) in [6.45, 7) is 2.89. The number of hydrogen-bond donors (Lipinski definition) is 2. The van der Waals surface area contributed by atoms with Gasteiger partial charge in [0.1, 0.15) is 6.42 Å². The molecule has 0 unspecified atom stereocenters. The lowest BCUT2D eigenvalue weighted by Crippen LogP contribution is -2.21. The highest BCUT2D eigenvalue weighted by molar-refractivity contribution is 6.08. The lowest BCUT2D eigenvalue weighted by Gasteiger charge is -2.08. The molecule has 2 aromatic carbocycles. The zero-order chi connectivity index (χ0) is 18.4. The molecule has 0 radical (unpaired) electrons. The fraction of sp³-hybridized carbons (Fsp3) is 0.158. The van der Waals surface area contributed by atoms with Gasteiger partial charge < -0.3 is 10.6 Å². The Morgan fingerprint density at radius 3 is 1.84 bits per heavy atom. The van der Waals surface area contributed by atoms with E-state index in [0.29, 0.717) is 22.5 Å². The summed E-state index contributed by atoms with van der Waals surface area (Å²) >= 11 is 0. The number of carbonyl (C=O) groups excluding carboxylic acids is 4. The highest BCUT2D eigenvalue weighted by atomic mass is 16.2. The Labute approximate surface area is 145 Å². The maximum Gasteiger partial charge on any atom is 0.233 e. The van der Waals surface area contributed by atoms with E-state index in [2.05, 4.69) is 10.6 Å². The van der Waals surface area contributed by atoms with Crippen LogP contribution in [0.4, 0.5) is 11.4 Å². The van der Waals surface area contributed by atoms with Crippen LogP contribution in [-0.2, 0) is 9.59 Å². The molecule has 0 saturated carbocycles. The lowest BCUT2D eigenvalue weighted by atomic mass is 10.1. The van der Waals surface area contributed by atoms with Gasteiger partial charge in [0, 0.05) is 22.5 Å². The summed E-state index contributed by atoms with van der Waals surface area (Å²) in [6.07, 6.45) is -0.362. The molecule has 25 heavy (non-hydrogen) atoms. The first-order valence-corrected chi connectivity index (χ1v) is 7.67. The molecule has 2 aromatic rings. The number of benzene rings is 2. The molecular formula is C19H18N2O4. The van der Waals surface area contributed by atoms with Crippen molar-refractivity contribution >= 4 is 34.8 Å². The van der Waals surface area contributed by atoms with Gasteiger partial charge in [-0.2, -0.15) is 0 Å². The number of hydrogen-bond acceptors (Lipinski definition) is 4. The molecule has 0 aliphatic rings. The van der Waals surface area contributed by atoms with Crippen LogP contribution in [0.5, 0.6) is 0 Å². The second-order valence-electron chi connectivity index (χ2n) is 5.54. The monoisotopic (exact) mass is 338 g/mol. The fourth-order valence-corrected chi connectivity index (χ4v) is 2.16. The van der Waals surface area contributed by atoms with Crippen LogP contribution >= 0.6 is 0 Å². The quantitative estimate of drug-likeness (QED) is 0.625. The molecule has 0 aliphatic heterocycles. The van der Waals surface area contributed by atoms with Gasteiger partial charge in [-0.25, -0.2) is 0 Å². The summed E-state index contributed by atoms with van der Waals surface area (Å²) < 4.78 is 0. The molecule has 0 spiro atoms. The first-order chi connectivity index (χ1) is 11.8. The van der Waals surface area contributed by atoms with E-state index in [1.54, 1.807) is 48.5 Å². The van der Waals surface area contributed by atoms with Crippen molar-refractivity contribution in [2.45, 2.75) is 20.3 Å². The molecule has 128 valence electrons. The van der Waals surface area contributed by atoms with E-state index >= 15 is 0 Å². The Balaban J connectivity index is 1.91. The number of anilines is 2. The maximum atomic E-state index is 11.9. The summed E-state index contributed by atoms with van der Waals surface area (Å²) in [7, 11) is 0. The second-order valence-corrected chi connectivity index (χ2v) is 5.54. The average Bonchev–Trinajstić information content (AvgIpc) is 2.55. The van der Waals surface area contributed by atoms with E-state index in [4.69, 9.17) is 0 Å². The number of amides is 2. The molecule has 0 aromatic heterocycles. The smallest absolute Gasteiger partial charge is 0.233 e. The molecular weight excluding hydrogens is 320 g/mol. The van der Waals surface area contributed by atoms with Gasteiger partial charge in [-0.3, -0.25) is 19.2 Å². The number of ketones is 2. The van der Waals surface area contributed by atoms with Crippen LogP contribution in [0.25, 0.3) is 0 Å². The number of rotatable bonds is 6. The van der Waals surface area contributed by atoms with Gasteiger partial charge in [-0.05, 0) is 50.2 Å². The summed E-state index contributed by atoms with van der Waals surface area (Å²) in [4.78, 5) is 46.4. The third-order valence-corrected chi connectivity index (χ3v) is 3.45. The molecule has 6 heteroatoms. The van der Waals surface area contributed by atoms with Crippen LogP contribution in [0.1, 0.15) is 41.0 Å². The van der Waals surface area contributed by atoms with E-state index in [1.165, 1.54) is 13.8 Å². The van der Waals surface area contributed by atoms with Crippen LogP contribution in [0, 0.1) is 0 Å². The minimum atomic E-state index is -0.487. The molecule has 2 amide bonds. The SMILES string of the molecule is CC(=O)c1ccc(NC(=O)CC(=O)Nc2cccc(C(C)=O)c2)cc1. The molecule has 2 rings (SSSR count). The van der Waals surface area contributed by atoms with Crippen LogP contribution < -0.4 is 10.6 Å². The van der Waals surface area contributed by atoms with Gasteiger partial charge in [0.2, 0.25) is 11.8 Å². The maximum absolute atomic E-state index is 11.9. The molecule has 0 bridgehead atoms. The summed E-state index contributed by atoms with van der Waals surface area (Å²) in [5.74, 6) is -1.14. The number of Topliss-reactive ketones (excluding diaryl/α,β-unsaturated/α-hetero) is 2. The highest BCUT2D eigenvalue weighted by Gasteiger charge is 2.11. The van der Waals surface area contributed by atoms with Crippen LogP contribution in [0.3, 0.4) is 0 Å². The van der Waals surface area contributed by atoms with Crippen molar-refractivity contribution in [3.8, 4) is 0 Å². The topological polar surface area (TPSA) is 92.3 Å². The zero-order valence-corrected chi connectivity index (χ0v) is 14.0. The van der Waals surface area contributed by atoms with E-state index < -0.39 is 11.8 Å². The van der Waals surface area contributed by atoms with Crippen molar-refractivity contribution in [2.24, 2.45) is 0 Å². The van der Waals surface area contributed by atoms with Gasteiger partial charge in [-0.1, -0.05) is 12.1 Å². The number of nitrogens with one attached hydrogen (secondary N) is 2. The Morgan fingerprint density at radius 2 is 1.28 bits per heavy atom. The van der Waals surface area contributed by atoms with E-state index in [1.807, 2.05) is 0 Å². The number of carbonyl (C=O) groups is 4. The lowest BCUT2D eigenvalue weighted by molar-refractivity contribution is -0.123. The standard InChI is InChI=1S/C19H18N2O4/c1-12(22)14-6-8-16(9-7-14)20-18(24)11-19(25)21-17-5-3-4-15(10-17)13(2)23/h3-10H,11H2,1-2H3,(H,20,24)(H,21,25). The van der Waals surface area contributed by atoms with Gasteiger partial charge in [0.15, 0.2) is 11.6 Å². The average molecular weight is 338 g/mol. The van der Waals surface area contributed by atoms with Crippen molar-refractivity contribution in [2.75, 3.05) is 10.6 Å². The van der Waals surface area contributed by atoms with Crippen LogP contribution in [0.15, 0.2) is 48.5 Å². The first-order valence-electron chi connectivity index (χ1n) is 7.67. The normalized spacial score (nSPS) is 10.0. The van der Waals surface area contributed by atoms with Crippen molar-refractivity contribution in [1.29, 1.82) is 0 Å². The summed E-state index contributed by atoms with van der Waals surface area (Å²) in [6, 6.07) is 12.9. The van der Waals surface area contributed by atoms with Gasteiger partial charge >= 0.3 is 0 Å². The van der Waals surface area contributed by atoms with Gasteiger partial charge in [0.25, 0.3) is 0 Å². The van der Waals surface area contributed by atoms with Crippen LogP contribution in [0.2, 0.25) is 0 Å². The van der Waals surface area contributed by atoms with Crippen molar-refractivity contribution in [1.82, 2.24) is 0 Å². The Kier molecular flexibility index (Phi) is 5.79. The molecule has 0 heterocycles. The second kappa shape index (κ2) is 8.01.